The summed E-state index contributed by atoms with van der Waals surface area (Å²) in [6.45, 7) is 8.41. The van der Waals surface area contributed by atoms with E-state index in [4.69, 9.17) is 18.7 Å². The molecule has 1 N–H and O–H groups in total. The molecule has 1 aromatic heterocycles. The van der Waals surface area contributed by atoms with Crippen molar-refractivity contribution in [2.45, 2.75) is 39.7 Å². The highest BCUT2D eigenvalue weighted by atomic mass is 16.5. The SMILES string of the molecule is COc1cc(OC)c(CNC(=O)c2c(C)noc2-c2ccc(C(C)(C)C)cc2)c(OC)c1. The summed E-state index contributed by atoms with van der Waals surface area (Å²) in [7, 11) is 4.69. The first-order valence-electron chi connectivity index (χ1n) is 10.3. The predicted molar refractivity (Wildman–Crippen MR) is 123 cm³/mol. The Morgan fingerprint density at radius 2 is 1.59 bits per heavy atom. The van der Waals surface area contributed by atoms with Gasteiger partial charge in [-0.3, -0.25) is 4.79 Å². The van der Waals surface area contributed by atoms with Crippen molar-refractivity contribution in [3.05, 3.63) is 58.8 Å². The molecule has 0 spiro atoms. The molecule has 170 valence electrons. The van der Waals surface area contributed by atoms with E-state index in [1.807, 2.05) is 24.3 Å². The van der Waals surface area contributed by atoms with Crippen LogP contribution >= 0.6 is 0 Å². The number of hydrogen-bond acceptors (Lipinski definition) is 6. The zero-order valence-corrected chi connectivity index (χ0v) is 19.7. The average Bonchev–Trinajstić information content (AvgIpc) is 3.17. The number of amides is 1. The number of rotatable bonds is 7. The van der Waals surface area contributed by atoms with Crippen LogP contribution in [0.3, 0.4) is 0 Å². The van der Waals surface area contributed by atoms with Crippen molar-refractivity contribution in [2.24, 2.45) is 0 Å². The van der Waals surface area contributed by atoms with Gasteiger partial charge in [0, 0.05) is 17.7 Å². The minimum absolute atomic E-state index is 0.0343. The highest BCUT2D eigenvalue weighted by molar-refractivity contribution is 6.00. The average molecular weight is 439 g/mol. The molecule has 1 heterocycles. The van der Waals surface area contributed by atoms with Crippen molar-refractivity contribution in [1.82, 2.24) is 10.5 Å². The van der Waals surface area contributed by atoms with Crippen LogP contribution in [0.4, 0.5) is 0 Å². The van der Waals surface area contributed by atoms with Gasteiger partial charge in [0.2, 0.25) is 0 Å². The predicted octanol–water partition coefficient (Wildman–Crippen LogP) is 4.90. The second-order valence-electron chi connectivity index (χ2n) is 8.49. The highest BCUT2D eigenvalue weighted by Crippen LogP contribution is 2.34. The number of ether oxygens (including phenoxy) is 3. The second kappa shape index (κ2) is 9.34. The first-order valence-corrected chi connectivity index (χ1v) is 10.3. The molecule has 7 heteroatoms. The van der Waals surface area contributed by atoms with Crippen LogP contribution in [0.1, 0.15) is 48.0 Å². The lowest BCUT2D eigenvalue weighted by molar-refractivity contribution is 0.0950. The molecule has 0 radical (unpaired) electrons. The Balaban J connectivity index is 1.87. The van der Waals surface area contributed by atoms with E-state index in [9.17, 15) is 4.79 Å². The zero-order valence-electron chi connectivity index (χ0n) is 19.7. The van der Waals surface area contributed by atoms with Crippen molar-refractivity contribution in [2.75, 3.05) is 21.3 Å². The molecule has 0 bridgehead atoms. The molecule has 0 aliphatic rings. The van der Waals surface area contributed by atoms with Gasteiger partial charge in [-0.1, -0.05) is 50.2 Å². The van der Waals surface area contributed by atoms with Gasteiger partial charge in [0.25, 0.3) is 5.91 Å². The monoisotopic (exact) mass is 438 g/mol. The number of carbonyl (C=O) groups excluding carboxylic acids is 1. The van der Waals surface area contributed by atoms with Crippen molar-refractivity contribution < 1.29 is 23.5 Å². The Morgan fingerprint density at radius 3 is 2.09 bits per heavy atom. The maximum absolute atomic E-state index is 13.1. The van der Waals surface area contributed by atoms with Gasteiger partial charge in [0.1, 0.15) is 22.8 Å². The third-order valence-corrected chi connectivity index (χ3v) is 5.35. The summed E-state index contributed by atoms with van der Waals surface area (Å²) in [5.74, 6) is 1.86. The number of hydrogen-bond donors (Lipinski definition) is 1. The van der Waals surface area contributed by atoms with Crippen LogP contribution in [0.2, 0.25) is 0 Å². The van der Waals surface area contributed by atoms with Crippen molar-refractivity contribution in [3.8, 4) is 28.6 Å². The molecule has 0 aliphatic carbocycles. The second-order valence-corrected chi connectivity index (χ2v) is 8.49. The number of methoxy groups -OCH3 is 3. The lowest BCUT2D eigenvalue weighted by Crippen LogP contribution is -2.24. The minimum Gasteiger partial charge on any atom is -0.496 e. The molecule has 7 nitrogen and oxygen atoms in total. The summed E-state index contributed by atoms with van der Waals surface area (Å²) in [6, 6.07) is 11.5. The number of nitrogens with zero attached hydrogens (tertiary/aromatic N) is 1. The Kier molecular flexibility index (Phi) is 6.77. The molecule has 0 aliphatic heterocycles. The van der Waals surface area contributed by atoms with Crippen molar-refractivity contribution in [1.29, 1.82) is 0 Å². The summed E-state index contributed by atoms with van der Waals surface area (Å²) in [5.41, 5.74) is 3.65. The maximum Gasteiger partial charge on any atom is 0.257 e. The van der Waals surface area contributed by atoms with Gasteiger partial charge >= 0.3 is 0 Å². The van der Waals surface area contributed by atoms with E-state index in [2.05, 4.69) is 31.2 Å². The van der Waals surface area contributed by atoms with E-state index < -0.39 is 0 Å². The molecule has 2 aromatic carbocycles. The third-order valence-electron chi connectivity index (χ3n) is 5.35. The van der Waals surface area contributed by atoms with Crippen LogP contribution in [0, 0.1) is 6.92 Å². The topological polar surface area (TPSA) is 82.8 Å². The van der Waals surface area contributed by atoms with Crippen molar-refractivity contribution in [3.63, 3.8) is 0 Å². The molecule has 0 unspecified atom stereocenters. The van der Waals surface area contributed by atoms with Crippen LogP contribution in [-0.4, -0.2) is 32.4 Å². The molecular formula is C25H30N2O5. The Bertz CT molecular complexity index is 1070. The zero-order chi connectivity index (χ0) is 23.5. The van der Waals surface area contributed by atoms with E-state index in [0.29, 0.717) is 39.8 Å². The Morgan fingerprint density at radius 1 is 1.00 bits per heavy atom. The Labute approximate surface area is 188 Å². The van der Waals surface area contributed by atoms with E-state index >= 15 is 0 Å². The first-order chi connectivity index (χ1) is 15.2. The summed E-state index contributed by atoms with van der Waals surface area (Å²) < 4.78 is 21.7. The molecule has 0 saturated carbocycles. The van der Waals surface area contributed by atoms with Gasteiger partial charge in [0.15, 0.2) is 5.76 Å². The number of nitrogens with one attached hydrogen (secondary N) is 1. The maximum atomic E-state index is 13.1. The van der Waals surface area contributed by atoms with Gasteiger partial charge < -0.3 is 24.1 Å². The summed E-state index contributed by atoms with van der Waals surface area (Å²) in [4.78, 5) is 13.1. The fourth-order valence-electron chi connectivity index (χ4n) is 3.46. The number of aromatic nitrogens is 1. The van der Waals surface area contributed by atoms with Gasteiger partial charge in [-0.05, 0) is 17.9 Å². The summed E-state index contributed by atoms with van der Waals surface area (Å²) in [6.07, 6.45) is 0. The summed E-state index contributed by atoms with van der Waals surface area (Å²) in [5, 5.41) is 6.96. The normalized spacial score (nSPS) is 11.2. The summed E-state index contributed by atoms with van der Waals surface area (Å²) >= 11 is 0. The van der Waals surface area contributed by atoms with Gasteiger partial charge in [-0.15, -0.1) is 0 Å². The van der Waals surface area contributed by atoms with E-state index in [0.717, 1.165) is 5.56 Å². The lowest BCUT2D eigenvalue weighted by atomic mass is 9.86. The highest BCUT2D eigenvalue weighted by Gasteiger charge is 2.23. The standard InChI is InChI=1S/C25H30N2O5/c1-15-22(23(32-27-15)16-8-10-17(11-9-16)25(2,3)4)24(28)26-14-19-20(30-6)12-18(29-5)13-21(19)31-7/h8-13H,14H2,1-7H3,(H,26,28). The van der Waals surface area contributed by atoms with Gasteiger partial charge in [0.05, 0.1) is 39.1 Å². The minimum atomic E-state index is -0.293. The Hall–Kier alpha value is -3.48. The first kappa shape index (κ1) is 23.2. The fourth-order valence-corrected chi connectivity index (χ4v) is 3.46. The van der Waals surface area contributed by atoms with Crippen LogP contribution in [0.15, 0.2) is 40.9 Å². The molecule has 32 heavy (non-hydrogen) atoms. The number of aryl methyl sites for hydroxylation is 1. The van der Waals surface area contributed by atoms with Crippen LogP contribution < -0.4 is 19.5 Å². The van der Waals surface area contributed by atoms with E-state index in [-0.39, 0.29) is 17.9 Å². The van der Waals surface area contributed by atoms with Crippen LogP contribution in [0.5, 0.6) is 17.2 Å². The van der Waals surface area contributed by atoms with E-state index in [1.54, 1.807) is 40.4 Å². The molecule has 3 aromatic rings. The smallest absolute Gasteiger partial charge is 0.257 e. The van der Waals surface area contributed by atoms with E-state index in [1.165, 1.54) is 5.56 Å². The van der Waals surface area contributed by atoms with Crippen LogP contribution in [-0.2, 0) is 12.0 Å². The van der Waals surface area contributed by atoms with Gasteiger partial charge in [-0.2, -0.15) is 0 Å². The molecular weight excluding hydrogens is 408 g/mol. The fraction of sp³-hybridized carbons (Fsp3) is 0.360. The van der Waals surface area contributed by atoms with Gasteiger partial charge in [-0.25, -0.2) is 0 Å². The quantitative estimate of drug-likeness (QED) is 0.565. The molecule has 3 rings (SSSR count). The van der Waals surface area contributed by atoms with Crippen molar-refractivity contribution >= 4 is 5.91 Å². The largest absolute Gasteiger partial charge is 0.496 e. The third kappa shape index (κ3) is 4.72. The number of benzene rings is 2. The molecule has 1 amide bonds. The molecule has 0 saturated heterocycles. The number of carbonyl (C=O) groups is 1. The lowest BCUT2D eigenvalue weighted by Gasteiger charge is -2.19. The molecule has 0 fully saturated rings. The van der Waals surface area contributed by atoms with Crippen LogP contribution in [0.25, 0.3) is 11.3 Å². The molecule has 0 atom stereocenters.